The van der Waals surface area contributed by atoms with E-state index in [1.165, 1.54) is 12.1 Å². The number of aromatic carboxylic acids is 1. The molecule has 116 valence electrons. The summed E-state index contributed by atoms with van der Waals surface area (Å²) < 4.78 is 30.1. The number of ether oxygens (including phenoxy) is 1. The van der Waals surface area contributed by atoms with E-state index in [0.717, 1.165) is 25.3 Å². The molecule has 0 bridgehead atoms. The van der Waals surface area contributed by atoms with E-state index in [0.29, 0.717) is 0 Å². The van der Waals surface area contributed by atoms with Crippen molar-refractivity contribution in [3.05, 3.63) is 51.4 Å². The molecule has 8 nitrogen and oxygen atoms in total. The largest absolute Gasteiger partial charge is 0.494 e. The number of rotatable bonds is 4. The maximum Gasteiger partial charge on any atom is 0.339 e. The lowest BCUT2D eigenvalue weighted by molar-refractivity contribution is 0.0693. The zero-order chi connectivity index (χ0) is 16.5. The summed E-state index contributed by atoms with van der Waals surface area (Å²) in [5.74, 6) is -1.77. The molecule has 0 saturated heterocycles. The number of hydrogen-bond acceptors (Lipinski definition) is 6. The fraction of sp³-hybridized carbons (Fsp3) is 0.0833. The molecule has 1 N–H and O–H groups in total. The standard InChI is InChI=1S/C12H9ClN2O6S/c1-21-11-7(12(17)18)3-2-4-8(11)22(19,20)15-10(16)6-5-9(13)14-15/h2-6H,1H3,(H,17,18). The minimum atomic E-state index is -4.47. The number of aromatic nitrogens is 2. The highest BCUT2D eigenvalue weighted by molar-refractivity contribution is 7.90. The third-order valence-electron chi connectivity index (χ3n) is 2.66. The van der Waals surface area contributed by atoms with Crippen LogP contribution in [-0.4, -0.2) is 35.8 Å². The molecule has 0 atom stereocenters. The first kappa shape index (κ1) is 16.0. The van der Waals surface area contributed by atoms with Gasteiger partial charge in [0.1, 0.15) is 10.5 Å². The lowest BCUT2D eigenvalue weighted by Gasteiger charge is -2.12. The molecule has 0 spiro atoms. The molecular weight excluding hydrogens is 336 g/mol. The van der Waals surface area contributed by atoms with Crippen molar-refractivity contribution >= 4 is 27.6 Å². The molecular formula is C12H9ClN2O6S. The predicted octanol–water partition coefficient (Wildman–Crippen LogP) is 0.840. The average Bonchev–Trinajstić information content (AvgIpc) is 2.48. The summed E-state index contributed by atoms with van der Waals surface area (Å²) in [5.41, 5.74) is -1.30. The number of hydrogen-bond donors (Lipinski definition) is 1. The first-order valence-electron chi connectivity index (χ1n) is 5.71. The van der Waals surface area contributed by atoms with Gasteiger partial charge in [-0.05, 0) is 18.2 Å². The zero-order valence-corrected chi connectivity index (χ0v) is 12.6. The van der Waals surface area contributed by atoms with E-state index in [9.17, 15) is 18.0 Å². The number of halogens is 1. The maximum atomic E-state index is 12.5. The van der Waals surface area contributed by atoms with E-state index in [-0.39, 0.29) is 14.8 Å². The lowest BCUT2D eigenvalue weighted by atomic mass is 10.2. The second-order valence-electron chi connectivity index (χ2n) is 3.98. The van der Waals surface area contributed by atoms with Gasteiger partial charge in [-0.1, -0.05) is 17.7 Å². The number of carboxylic acid groups (broad SMARTS) is 1. The molecule has 1 aromatic heterocycles. The Morgan fingerprint density at radius 3 is 2.59 bits per heavy atom. The quantitative estimate of drug-likeness (QED) is 0.873. The number of methoxy groups -OCH3 is 1. The maximum absolute atomic E-state index is 12.5. The van der Waals surface area contributed by atoms with Gasteiger partial charge >= 0.3 is 5.97 Å². The van der Waals surface area contributed by atoms with Gasteiger partial charge in [-0.25, -0.2) is 4.79 Å². The Labute approximate surface area is 129 Å². The molecule has 0 aliphatic heterocycles. The van der Waals surface area contributed by atoms with Gasteiger partial charge in [0.25, 0.3) is 15.6 Å². The topological polar surface area (TPSA) is 116 Å². The summed E-state index contributed by atoms with van der Waals surface area (Å²) >= 11 is 5.61. The summed E-state index contributed by atoms with van der Waals surface area (Å²) in [6, 6.07) is 5.57. The van der Waals surface area contributed by atoms with Crippen LogP contribution >= 0.6 is 11.6 Å². The van der Waals surface area contributed by atoms with Crippen LogP contribution in [0, 0.1) is 0 Å². The molecule has 2 aromatic rings. The van der Waals surface area contributed by atoms with E-state index in [2.05, 4.69) is 5.10 Å². The van der Waals surface area contributed by atoms with Gasteiger partial charge < -0.3 is 9.84 Å². The smallest absolute Gasteiger partial charge is 0.339 e. The summed E-state index contributed by atoms with van der Waals surface area (Å²) in [6.45, 7) is 0. The normalized spacial score (nSPS) is 11.2. The molecule has 0 saturated carbocycles. The van der Waals surface area contributed by atoms with Crippen molar-refractivity contribution in [3.8, 4) is 5.75 Å². The highest BCUT2D eigenvalue weighted by atomic mass is 35.5. The Morgan fingerprint density at radius 1 is 1.32 bits per heavy atom. The number of carbonyl (C=O) groups is 1. The second-order valence-corrected chi connectivity index (χ2v) is 6.11. The molecule has 22 heavy (non-hydrogen) atoms. The Balaban J connectivity index is 2.80. The van der Waals surface area contributed by atoms with Gasteiger partial charge in [-0.15, -0.1) is 9.19 Å². The van der Waals surface area contributed by atoms with Crippen LogP contribution in [0.15, 0.2) is 40.0 Å². The van der Waals surface area contributed by atoms with Crippen LogP contribution in [0.25, 0.3) is 0 Å². The van der Waals surface area contributed by atoms with Gasteiger partial charge in [0.2, 0.25) is 0 Å². The summed E-state index contributed by atoms with van der Waals surface area (Å²) in [5, 5.41) is 12.3. The van der Waals surface area contributed by atoms with Crippen LogP contribution in [0.2, 0.25) is 5.15 Å². The van der Waals surface area contributed by atoms with Crippen molar-refractivity contribution < 1.29 is 23.1 Å². The van der Waals surface area contributed by atoms with E-state index < -0.39 is 32.2 Å². The van der Waals surface area contributed by atoms with Gasteiger partial charge in [0.15, 0.2) is 10.9 Å². The van der Waals surface area contributed by atoms with E-state index in [1.54, 1.807) is 0 Å². The fourth-order valence-electron chi connectivity index (χ4n) is 1.74. The van der Waals surface area contributed by atoms with Gasteiger partial charge in [-0.3, -0.25) is 4.79 Å². The Morgan fingerprint density at radius 2 is 2.00 bits per heavy atom. The molecule has 0 fully saturated rings. The number of carboxylic acids is 1. The SMILES string of the molecule is COc1c(C(=O)O)cccc1S(=O)(=O)n1nc(Cl)ccc1=O. The lowest BCUT2D eigenvalue weighted by Crippen LogP contribution is -2.29. The number of para-hydroxylation sites is 1. The van der Waals surface area contributed by atoms with Crippen LogP contribution in [0.5, 0.6) is 5.75 Å². The number of nitrogens with zero attached hydrogens (tertiary/aromatic N) is 2. The molecule has 0 unspecified atom stereocenters. The average molecular weight is 345 g/mol. The molecule has 0 aliphatic carbocycles. The Kier molecular flexibility index (Phi) is 4.20. The predicted molar refractivity (Wildman–Crippen MR) is 76.0 cm³/mol. The van der Waals surface area contributed by atoms with Crippen LogP contribution in [-0.2, 0) is 10.0 Å². The minimum absolute atomic E-state index is 0.179. The fourth-order valence-corrected chi connectivity index (χ4v) is 3.28. The molecule has 1 aromatic carbocycles. The Bertz CT molecular complexity index is 906. The van der Waals surface area contributed by atoms with Crippen molar-refractivity contribution in [1.82, 2.24) is 9.19 Å². The van der Waals surface area contributed by atoms with Crippen molar-refractivity contribution in [3.63, 3.8) is 0 Å². The first-order valence-corrected chi connectivity index (χ1v) is 7.52. The van der Waals surface area contributed by atoms with Crippen molar-refractivity contribution in [1.29, 1.82) is 0 Å². The second kappa shape index (κ2) is 5.78. The molecule has 0 radical (unpaired) electrons. The summed E-state index contributed by atoms with van der Waals surface area (Å²) in [6.07, 6.45) is 0. The third-order valence-corrected chi connectivity index (χ3v) is 4.45. The monoisotopic (exact) mass is 344 g/mol. The third kappa shape index (κ3) is 2.68. The van der Waals surface area contributed by atoms with Crippen LogP contribution < -0.4 is 10.3 Å². The van der Waals surface area contributed by atoms with Crippen molar-refractivity contribution in [2.45, 2.75) is 4.90 Å². The van der Waals surface area contributed by atoms with Crippen LogP contribution in [0.4, 0.5) is 0 Å². The molecule has 0 amide bonds. The molecule has 0 aliphatic rings. The summed E-state index contributed by atoms with van der Waals surface area (Å²) in [4.78, 5) is 22.3. The van der Waals surface area contributed by atoms with Crippen LogP contribution in [0.3, 0.4) is 0 Å². The Hall–Kier alpha value is -2.39. The minimum Gasteiger partial charge on any atom is -0.494 e. The van der Waals surface area contributed by atoms with E-state index in [1.807, 2.05) is 0 Å². The van der Waals surface area contributed by atoms with Crippen LogP contribution in [0.1, 0.15) is 10.4 Å². The van der Waals surface area contributed by atoms with E-state index in [4.69, 9.17) is 21.4 Å². The van der Waals surface area contributed by atoms with E-state index >= 15 is 0 Å². The molecule has 1 heterocycles. The first-order chi connectivity index (χ1) is 10.3. The van der Waals surface area contributed by atoms with Gasteiger partial charge in [0, 0.05) is 6.07 Å². The molecule has 2 rings (SSSR count). The van der Waals surface area contributed by atoms with Gasteiger partial charge in [0.05, 0.1) is 7.11 Å². The van der Waals surface area contributed by atoms with Crippen molar-refractivity contribution in [2.24, 2.45) is 0 Å². The number of benzene rings is 1. The van der Waals surface area contributed by atoms with Gasteiger partial charge in [-0.2, -0.15) is 8.42 Å². The highest BCUT2D eigenvalue weighted by Gasteiger charge is 2.27. The zero-order valence-electron chi connectivity index (χ0n) is 11.1. The summed E-state index contributed by atoms with van der Waals surface area (Å²) in [7, 11) is -3.35. The molecule has 10 heteroatoms. The highest BCUT2D eigenvalue weighted by Crippen LogP contribution is 2.28. The van der Waals surface area contributed by atoms with Crippen molar-refractivity contribution in [2.75, 3.05) is 7.11 Å².